The lowest BCUT2D eigenvalue weighted by atomic mass is 9.93. The number of phenolic OH excluding ortho intramolecular Hbond substituents is 1. The first-order valence-corrected chi connectivity index (χ1v) is 14.9. The fraction of sp³-hybridized carbons (Fsp3) is 0.206. The molecule has 0 spiro atoms. The van der Waals surface area contributed by atoms with E-state index in [1.807, 2.05) is 29.0 Å². The van der Waals surface area contributed by atoms with Crippen molar-refractivity contribution in [3.05, 3.63) is 102 Å². The number of phenols is 1. The molecule has 0 saturated carbocycles. The molecule has 3 N–H and O–H groups in total. The Morgan fingerprint density at radius 1 is 0.622 bits per heavy atom. The van der Waals surface area contributed by atoms with Gasteiger partial charge in [0.15, 0.2) is 0 Å². The first-order chi connectivity index (χ1) is 22.0. The zero-order valence-corrected chi connectivity index (χ0v) is 24.3. The van der Waals surface area contributed by atoms with E-state index >= 15 is 0 Å². The van der Waals surface area contributed by atoms with E-state index < -0.39 is 0 Å². The molecule has 4 aromatic carbocycles. The summed E-state index contributed by atoms with van der Waals surface area (Å²) in [6.07, 6.45) is 5.97. The molecule has 2 aliphatic rings. The summed E-state index contributed by atoms with van der Waals surface area (Å²) in [7, 11) is 0. The Hall–Kier alpha value is -5.39. The molecule has 0 unspecified atom stereocenters. The second-order valence-corrected chi connectivity index (χ2v) is 11.1. The number of amides is 4. The zero-order valence-electron chi connectivity index (χ0n) is 24.3. The molecule has 7 rings (SSSR count). The summed E-state index contributed by atoms with van der Waals surface area (Å²) < 4.78 is 1.86. The van der Waals surface area contributed by atoms with Gasteiger partial charge < -0.3 is 20.3 Å². The maximum atomic E-state index is 13.3. The molecule has 0 aliphatic carbocycles. The largest absolute Gasteiger partial charge is 0.507 e. The summed E-state index contributed by atoms with van der Waals surface area (Å²) in [5, 5.41) is 19.2. The summed E-state index contributed by atoms with van der Waals surface area (Å²) in [4.78, 5) is 59.5. The van der Waals surface area contributed by atoms with Crippen LogP contribution in [0.3, 0.4) is 0 Å². The molecule has 0 radical (unpaired) electrons. The van der Waals surface area contributed by atoms with E-state index in [1.165, 1.54) is 15.9 Å². The molecule has 1 aromatic heterocycles. The lowest BCUT2D eigenvalue weighted by molar-refractivity contribution is 0.0597. The van der Waals surface area contributed by atoms with Gasteiger partial charge in [-0.1, -0.05) is 24.3 Å². The number of carbonyl (C=O) groups is 4. The van der Waals surface area contributed by atoms with Crippen molar-refractivity contribution >= 4 is 45.2 Å². The summed E-state index contributed by atoms with van der Waals surface area (Å²) in [5.74, 6) is -1.31. The van der Waals surface area contributed by atoms with Crippen LogP contribution in [-0.2, 0) is 0 Å². The van der Waals surface area contributed by atoms with Gasteiger partial charge in [0.1, 0.15) is 5.75 Å². The number of hydrogen-bond acceptors (Lipinski definition) is 8. The maximum absolute atomic E-state index is 13.3. The number of benzene rings is 4. The zero-order chi connectivity index (χ0) is 31.1. The molecule has 11 heteroatoms. The van der Waals surface area contributed by atoms with Gasteiger partial charge in [0.2, 0.25) is 0 Å². The van der Waals surface area contributed by atoms with E-state index in [0.29, 0.717) is 64.6 Å². The highest BCUT2D eigenvalue weighted by Gasteiger charge is 2.34. The van der Waals surface area contributed by atoms with Gasteiger partial charge in [0.25, 0.3) is 23.6 Å². The van der Waals surface area contributed by atoms with Crippen LogP contribution >= 0.6 is 0 Å². The number of aromatic hydroxyl groups is 1. The number of aromatic nitrogens is 2. The van der Waals surface area contributed by atoms with Crippen LogP contribution in [0.5, 0.6) is 5.75 Å². The normalized spacial score (nSPS) is 14.3. The number of nitrogens with zero attached hydrogens (tertiary/aromatic N) is 4. The van der Waals surface area contributed by atoms with Crippen LogP contribution in [0.2, 0.25) is 0 Å². The predicted octanol–water partition coefficient (Wildman–Crippen LogP) is 3.35. The van der Waals surface area contributed by atoms with E-state index in [9.17, 15) is 24.3 Å². The average Bonchev–Trinajstić information content (AvgIpc) is 3.59. The van der Waals surface area contributed by atoms with Gasteiger partial charge in [-0.05, 0) is 55.9 Å². The Morgan fingerprint density at radius 2 is 1.16 bits per heavy atom. The number of hydrogen-bond donors (Lipinski definition) is 3. The first-order valence-electron chi connectivity index (χ1n) is 14.9. The molecular formula is C34H30N6O5. The maximum Gasteiger partial charge on any atom is 0.261 e. The molecule has 0 bridgehead atoms. The molecule has 226 valence electrons. The predicted molar refractivity (Wildman–Crippen MR) is 168 cm³/mol. The number of imide groups is 2. The lowest BCUT2D eigenvalue weighted by Crippen LogP contribution is -2.44. The van der Waals surface area contributed by atoms with Gasteiger partial charge in [-0.3, -0.25) is 29.0 Å². The van der Waals surface area contributed by atoms with Crippen molar-refractivity contribution in [2.75, 3.05) is 39.3 Å². The van der Waals surface area contributed by atoms with Crippen LogP contribution in [-0.4, -0.2) is 87.4 Å². The SMILES string of the molecule is O=C1c2cccc3c(O)ccc(c23)C(=O)N1CCNCCCNCCN1C(=O)c2cccc3c(-n4ccnc4)ccc(c23)C1=O. The van der Waals surface area contributed by atoms with Crippen LogP contribution in [0.1, 0.15) is 47.9 Å². The first kappa shape index (κ1) is 28.4. The Labute approximate surface area is 258 Å². The fourth-order valence-electron chi connectivity index (χ4n) is 6.26. The highest BCUT2D eigenvalue weighted by molar-refractivity contribution is 6.27. The van der Waals surface area contributed by atoms with Crippen LogP contribution in [0.25, 0.3) is 27.2 Å². The standard InChI is InChI=1S/C34H30N6O5/c41-28-11-9-26-30-22(28)5-2-7-24(30)32(43)40(34(26)45)19-16-36-13-3-12-35-15-18-39-31(42)23-6-1-4-21-27(38-17-14-37-20-38)10-8-25(29(21)23)33(39)44/h1-2,4-11,14,17,20,35-36,41H,3,12-13,15-16,18-19H2. The van der Waals surface area contributed by atoms with Gasteiger partial charge in [0, 0.05) is 82.4 Å². The minimum atomic E-state index is -0.369. The van der Waals surface area contributed by atoms with Gasteiger partial charge in [-0.2, -0.15) is 0 Å². The topological polar surface area (TPSA) is 137 Å². The second kappa shape index (κ2) is 11.6. The molecular weight excluding hydrogens is 572 g/mol. The average molecular weight is 603 g/mol. The van der Waals surface area contributed by atoms with Crippen LogP contribution in [0, 0.1) is 0 Å². The second-order valence-electron chi connectivity index (χ2n) is 11.1. The molecule has 5 aromatic rings. The molecule has 11 nitrogen and oxygen atoms in total. The molecule has 0 atom stereocenters. The van der Waals surface area contributed by atoms with Crippen molar-refractivity contribution in [3.63, 3.8) is 0 Å². The van der Waals surface area contributed by atoms with Gasteiger partial charge in [-0.15, -0.1) is 0 Å². The summed E-state index contributed by atoms with van der Waals surface area (Å²) in [6, 6.07) is 17.3. The third-order valence-electron chi connectivity index (χ3n) is 8.45. The van der Waals surface area contributed by atoms with Crippen molar-refractivity contribution in [1.29, 1.82) is 0 Å². The number of rotatable bonds is 11. The highest BCUT2D eigenvalue weighted by atomic mass is 16.3. The van der Waals surface area contributed by atoms with E-state index in [-0.39, 0.29) is 42.5 Å². The number of nitrogens with one attached hydrogen (secondary N) is 2. The van der Waals surface area contributed by atoms with Crippen molar-refractivity contribution < 1.29 is 24.3 Å². The summed E-state index contributed by atoms with van der Waals surface area (Å²) in [5.41, 5.74) is 2.70. The Balaban J connectivity index is 0.881. The number of imidazole rings is 1. The third kappa shape index (κ3) is 4.82. The Bertz CT molecular complexity index is 1960. The van der Waals surface area contributed by atoms with Crippen molar-refractivity contribution in [1.82, 2.24) is 30.0 Å². The van der Waals surface area contributed by atoms with Crippen molar-refractivity contribution in [3.8, 4) is 11.4 Å². The van der Waals surface area contributed by atoms with Gasteiger partial charge in [0.05, 0.1) is 12.0 Å². The molecule has 3 heterocycles. The molecule has 0 fully saturated rings. The van der Waals surface area contributed by atoms with Gasteiger partial charge >= 0.3 is 0 Å². The smallest absolute Gasteiger partial charge is 0.261 e. The van der Waals surface area contributed by atoms with E-state index in [4.69, 9.17) is 0 Å². The van der Waals surface area contributed by atoms with Crippen LogP contribution < -0.4 is 10.6 Å². The minimum Gasteiger partial charge on any atom is -0.507 e. The highest BCUT2D eigenvalue weighted by Crippen LogP contribution is 2.35. The molecule has 2 aliphatic heterocycles. The lowest BCUT2D eigenvalue weighted by Gasteiger charge is -2.28. The monoisotopic (exact) mass is 602 g/mol. The molecule has 0 saturated heterocycles. The third-order valence-corrected chi connectivity index (χ3v) is 8.45. The minimum absolute atomic E-state index is 0.0394. The van der Waals surface area contributed by atoms with Crippen molar-refractivity contribution in [2.45, 2.75) is 6.42 Å². The number of carbonyl (C=O) groups excluding carboxylic acids is 4. The Kier molecular flexibility index (Phi) is 7.32. The van der Waals surface area contributed by atoms with Crippen LogP contribution in [0.15, 0.2) is 79.4 Å². The molecule has 45 heavy (non-hydrogen) atoms. The van der Waals surface area contributed by atoms with E-state index in [0.717, 1.165) is 17.5 Å². The van der Waals surface area contributed by atoms with Gasteiger partial charge in [-0.25, -0.2) is 4.98 Å². The van der Waals surface area contributed by atoms with Crippen LogP contribution in [0.4, 0.5) is 0 Å². The summed E-state index contributed by atoms with van der Waals surface area (Å²) >= 11 is 0. The van der Waals surface area contributed by atoms with E-state index in [1.54, 1.807) is 48.9 Å². The summed E-state index contributed by atoms with van der Waals surface area (Å²) in [6.45, 7) is 2.66. The molecule has 4 amide bonds. The van der Waals surface area contributed by atoms with E-state index in [2.05, 4.69) is 15.6 Å². The van der Waals surface area contributed by atoms with Crippen molar-refractivity contribution in [2.24, 2.45) is 0 Å². The fourth-order valence-corrected chi connectivity index (χ4v) is 6.26. The Morgan fingerprint density at radius 3 is 1.73 bits per heavy atom. The quantitative estimate of drug-likeness (QED) is 0.155.